The SMILES string of the molecule is CCNC(=NCC(C)(C)N1CC(C)OC(C)C1)NC1CCN(c2ncccc2F)C1.I. The molecular weight excluding hydrogens is 510 g/mol. The van der Waals surface area contributed by atoms with Crippen molar-refractivity contribution in [3.8, 4) is 0 Å². The first kappa shape index (κ1) is 26.1. The number of ether oxygens (including phenoxy) is 1. The van der Waals surface area contributed by atoms with Crippen LogP contribution in [0.25, 0.3) is 0 Å². The van der Waals surface area contributed by atoms with Crippen molar-refractivity contribution in [2.45, 2.75) is 64.8 Å². The second-order valence-corrected chi connectivity index (χ2v) is 9.05. The molecule has 7 nitrogen and oxygen atoms in total. The Bertz CT molecular complexity index is 724. The predicted molar refractivity (Wildman–Crippen MR) is 135 cm³/mol. The Hall–Kier alpha value is -1.20. The zero-order valence-electron chi connectivity index (χ0n) is 19.4. The topological polar surface area (TPSA) is 65.0 Å². The second-order valence-electron chi connectivity index (χ2n) is 9.05. The molecule has 3 rings (SSSR count). The van der Waals surface area contributed by atoms with E-state index in [9.17, 15) is 4.39 Å². The first-order chi connectivity index (χ1) is 14.3. The molecular formula is C22H38FIN6O. The van der Waals surface area contributed by atoms with Crippen molar-refractivity contribution in [3.63, 3.8) is 0 Å². The van der Waals surface area contributed by atoms with Gasteiger partial charge in [0, 0.05) is 50.5 Å². The summed E-state index contributed by atoms with van der Waals surface area (Å²) in [5.74, 6) is 0.975. The fourth-order valence-electron chi connectivity index (χ4n) is 4.24. The van der Waals surface area contributed by atoms with E-state index in [2.05, 4.69) is 55.1 Å². The van der Waals surface area contributed by atoms with E-state index in [0.717, 1.165) is 38.6 Å². The average molecular weight is 548 g/mol. The number of hydrogen-bond donors (Lipinski definition) is 2. The van der Waals surface area contributed by atoms with E-state index in [1.165, 1.54) is 6.07 Å². The molecule has 2 aliphatic rings. The zero-order valence-corrected chi connectivity index (χ0v) is 21.7. The van der Waals surface area contributed by atoms with Gasteiger partial charge in [0.2, 0.25) is 0 Å². The highest BCUT2D eigenvalue weighted by Crippen LogP contribution is 2.22. The van der Waals surface area contributed by atoms with Gasteiger partial charge in [0.1, 0.15) is 0 Å². The third-order valence-electron chi connectivity index (χ3n) is 5.81. The Morgan fingerprint density at radius 2 is 2.00 bits per heavy atom. The van der Waals surface area contributed by atoms with Crippen LogP contribution < -0.4 is 15.5 Å². The van der Waals surface area contributed by atoms with Crippen molar-refractivity contribution in [2.75, 3.05) is 44.2 Å². The minimum absolute atomic E-state index is 0. The van der Waals surface area contributed by atoms with Crippen LogP contribution in [-0.2, 0) is 4.74 Å². The lowest BCUT2D eigenvalue weighted by molar-refractivity contribution is -0.0939. The van der Waals surface area contributed by atoms with Gasteiger partial charge >= 0.3 is 0 Å². The van der Waals surface area contributed by atoms with Crippen LogP contribution in [0.3, 0.4) is 0 Å². The van der Waals surface area contributed by atoms with Crippen molar-refractivity contribution in [1.82, 2.24) is 20.5 Å². The Kier molecular flexibility index (Phi) is 9.75. The highest BCUT2D eigenvalue weighted by Gasteiger charge is 2.33. The van der Waals surface area contributed by atoms with E-state index < -0.39 is 0 Å². The Morgan fingerprint density at radius 3 is 2.65 bits per heavy atom. The minimum atomic E-state index is -0.269. The third-order valence-corrected chi connectivity index (χ3v) is 5.81. The van der Waals surface area contributed by atoms with Gasteiger partial charge in [-0.2, -0.15) is 0 Å². The molecule has 0 bridgehead atoms. The lowest BCUT2D eigenvalue weighted by Crippen LogP contribution is -2.56. The number of halogens is 2. The summed E-state index contributed by atoms with van der Waals surface area (Å²) in [6.07, 6.45) is 3.03. The van der Waals surface area contributed by atoms with E-state index in [1.807, 2.05) is 4.90 Å². The van der Waals surface area contributed by atoms with Crippen LogP contribution >= 0.6 is 24.0 Å². The van der Waals surface area contributed by atoms with Gasteiger partial charge in [-0.05, 0) is 53.2 Å². The number of nitrogens with one attached hydrogen (secondary N) is 2. The monoisotopic (exact) mass is 548 g/mol. The molecule has 0 spiro atoms. The molecule has 1 aromatic heterocycles. The number of morpholine rings is 1. The van der Waals surface area contributed by atoms with Crippen LogP contribution in [0.5, 0.6) is 0 Å². The van der Waals surface area contributed by atoms with Crippen LogP contribution in [0.1, 0.15) is 41.0 Å². The van der Waals surface area contributed by atoms with Crippen molar-refractivity contribution < 1.29 is 9.13 Å². The fraction of sp³-hybridized carbons (Fsp3) is 0.727. The van der Waals surface area contributed by atoms with Crippen molar-refractivity contribution in [3.05, 3.63) is 24.1 Å². The highest BCUT2D eigenvalue weighted by molar-refractivity contribution is 14.0. The molecule has 0 aromatic carbocycles. The molecule has 176 valence electrons. The van der Waals surface area contributed by atoms with Crippen LogP contribution in [0.15, 0.2) is 23.3 Å². The van der Waals surface area contributed by atoms with E-state index in [4.69, 9.17) is 9.73 Å². The molecule has 2 saturated heterocycles. The summed E-state index contributed by atoms with van der Waals surface area (Å²) in [4.78, 5) is 13.6. The van der Waals surface area contributed by atoms with Crippen molar-refractivity contribution in [2.24, 2.45) is 4.99 Å². The summed E-state index contributed by atoms with van der Waals surface area (Å²) in [5, 5.41) is 6.89. The summed E-state index contributed by atoms with van der Waals surface area (Å²) in [5.41, 5.74) is -0.0621. The summed E-state index contributed by atoms with van der Waals surface area (Å²) >= 11 is 0. The Morgan fingerprint density at radius 1 is 1.29 bits per heavy atom. The number of aromatic nitrogens is 1. The lowest BCUT2D eigenvalue weighted by atomic mass is 10.0. The maximum Gasteiger partial charge on any atom is 0.191 e. The van der Waals surface area contributed by atoms with E-state index >= 15 is 0 Å². The van der Waals surface area contributed by atoms with Gasteiger partial charge in [-0.3, -0.25) is 9.89 Å². The van der Waals surface area contributed by atoms with E-state index in [-0.39, 0.29) is 53.6 Å². The average Bonchev–Trinajstić information content (AvgIpc) is 3.14. The molecule has 3 heterocycles. The molecule has 3 unspecified atom stereocenters. The predicted octanol–water partition coefficient (Wildman–Crippen LogP) is 2.86. The second kappa shape index (κ2) is 11.6. The molecule has 1 aromatic rings. The van der Waals surface area contributed by atoms with Crippen molar-refractivity contribution >= 4 is 35.8 Å². The molecule has 0 radical (unpaired) electrons. The summed E-state index contributed by atoms with van der Waals surface area (Å²) in [7, 11) is 0. The molecule has 0 saturated carbocycles. The number of guanidine groups is 1. The van der Waals surface area contributed by atoms with Crippen LogP contribution in [-0.4, -0.2) is 78.9 Å². The quantitative estimate of drug-likeness (QED) is 0.324. The molecule has 2 fully saturated rings. The molecule has 31 heavy (non-hydrogen) atoms. The van der Waals surface area contributed by atoms with Crippen LogP contribution in [0.2, 0.25) is 0 Å². The zero-order chi connectivity index (χ0) is 21.7. The number of pyridine rings is 1. The maximum atomic E-state index is 14.1. The third kappa shape index (κ3) is 7.15. The number of nitrogens with zero attached hydrogens (tertiary/aromatic N) is 4. The van der Waals surface area contributed by atoms with Crippen molar-refractivity contribution in [1.29, 1.82) is 0 Å². The Balaban J connectivity index is 0.00000341. The van der Waals surface area contributed by atoms with Crippen LogP contribution in [0.4, 0.5) is 10.2 Å². The summed E-state index contributed by atoms with van der Waals surface area (Å²) < 4.78 is 19.9. The van der Waals surface area contributed by atoms with Gasteiger partial charge in [-0.25, -0.2) is 9.37 Å². The van der Waals surface area contributed by atoms with E-state index in [0.29, 0.717) is 18.9 Å². The van der Waals surface area contributed by atoms with Gasteiger partial charge in [0.25, 0.3) is 0 Å². The molecule has 0 aliphatic carbocycles. The number of aliphatic imine (C=N–C) groups is 1. The molecule has 3 atom stereocenters. The number of anilines is 1. The first-order valence-corrected chi connectivity index (χ1v) is 11.1. The van der Waals surface area contributed by atoms with E-state index in [1.54, 1.807) is 12.3 Å². The van der Waals surface area contributed by atoms with Gasteiger partial charge < -0.3 is 20.3 Å². The fourth-order valence-corrected chi connectivity index (χ4v) is 4.24. The summed E-state index contributed by atoms with van der Waals surface area (Å²) in [6, 6.07) is 3.29. The molecule has 2 N–H and O–H groups in total. The molecule has 0 amide bonds. The van der Waals surface area contributed by atoms with Gasteiger partial charge in [0.05, 0.1) is 18.8 Å². The first-order valence-electron chi connectivity index (χ1n) is 11.1. The standard InChI is InChI=1S/C22H37FN6O.HI/c1-6-24-21(26-15-22(4,5)29-12-16(2)30-17(3)13-29)27-18-9-11-28(14-18)20-19(23)8-7-10-25-20;/h7-8,10,16-18H,6,9,11-15H2,1-5H3,(H2,24,26,27);1H. The lowest BCUT2D eigenvalue weighted by Gasteiger charge is -2.44. The normalized spacial score (nSPS) is 25.3. The maximum absolute atomic E-state index is 14.1. The minimum Gasteiger partial charge on any atom is -0.373 e. The number of rotatable bonds is 6. The summed E-state index contributed by atoms with van der Waals surface area (Å²) in [6.45, 7) is 15.6. The number of hydrogen-bond acceptors (Lipinski definition) is 5. The smallest absolute Gasteiger partial charge is 0.191 e. The van der Waals surface area contributed by atoms with Gasteiger partial charge in [0.15, 0.2) is 17.6 Å². The molecule has 9 heteroatoms. The van der Waals surface area contributed by atoms with Crippen LogP contribution in [0, 0.1) is 5.82 Å². The molecule has 2 aliphatic heterocycles. The largest absolute Gasteiger partial charge is 0.373 e. The Labute approximate surface area is 203 Å². The van der Waals surface area contributed by atoms with Gasteiger partial charge in [-0.1, -0.05) is 0 Å². The highest BCUT2D eigenvalue weighted by atomic mass is 127. The van der Waals surface area contributed by atoms with Gasteiger partial charge in [-0.15, -0.1) is 24.0 Å².